The van der Waals surface area contributed by atoms with Gasteiger partial charge in [-0.2, -0.15) is 13.2 Å². The van der Waals surface area contributed by atoms with Crippen LogP contribution in [0.3, 0.4) is 0 Å². The predicted molar refractivity (Wildman–Crippen MR) is 114 cm³/mol. The molecule has 2 aromatic rings. The highest BCUT2D eigenvalue weighted by Crippen LogP contribution is 2.29. The highest BCUT2D eigenvalue weighted by Gasteiger charge is 2.33. The second-order valence-electron chi connectivity index (χ2n) is 5.43. The fraction of sp³-hybridized carbons (Fsp3) is 0.375. The van der Waals surface area contributed by atoms with Gasteiger partial charge >= 0.3 is 6.18 Å². The summed E-state index contributed by atoms with van der Waals surface area (Å²) < 4.78 is 61.9. The van der Waals surface area contributed by atoms with Gasteiger partial charge in [-0.15, -0.1) is 35.3 Å². The molecule has 2 N–H and O–H groups in total. The van der Waals surface area contributed by atoms with Crippen molar-refractivity contribution in [1.29, 1.82) is 0 Å². The average molecular weight is 548 g/mol. The summed E-state index contributed by atoms with van der Waals surface area (Å²) in [6, 6.07) is 8.12. The highest BCUT2D eigenvalue weighted by molar-refractivity contribution is 14.0. The SMILES string of the molecule is CN=C(NCCc1nc(C(F)(F)F)cs1)NCCS(=O)(=O)c1ccccc1.I. The number of aliphatic imine (C=N–C) groups is 1. The van der Waals surface area contributed by atoms with Crippen LogP contribution < -0.4 is 10.6 Å². The molecule has 2 rings (SSSR count). The number of alkyl halides is 3. The molecule has 1 heterocycles. The first-order valence-electron chi connectivity index (χ1n) is 7.96. The maximum atomic E-state index is 12.5. The number of thiazole rings is 1. The molecule has 0 atom stereocenters. The second kappa shape index (κ2) is 11.0. The van der Waals surface area contributed by atoms with Crippen molar-refractivity contribution in [1.82, 2.24) is 15.6 Å². The van der Waals surface area contributed by atoms with E-state index in [4.69, 9.17) is 0 Å². The van der Waals surface area contributed by atoms with Crippen molar-refractivity contribution in [2.75, 3.05) is 25.9 Å². The van der Waals surface area contributed by atoms with Gasteiger partial charge in [0.2, 0.25) is 0 Å². The summed E-state index contributed by atoms with van der Waals surface area (Å²) in [5.41, 5.74) is -0.892. The quantitative estimate of drug-likeness (QED) is 0.316. The molecule has 0 aliphatic heterocycles. The molecule has 0 fully saturated rings. The minimum atomic E-state index is -4.44. The smallest absolute Gasteiger partial charge is 0.356 e. The first-order chi connectivity index (χ1) is 12.7. The number of rotatable bonds is 7. The molecule has 1 aromatic heterocycles. The van der Waals surface area contributed by atoms with Gasteiger partial charge in [0.1, 0.15) is 0 Å². The maximum absolute atomic E-state index is 12.5. The summed E-state index contributed by atoms with van der Waals surface area (Å²) in [6.45, 7) is 0.461. The molecule has 0 saturated heterocycles. The monoisotopic (exact) mass is 548 g/mol. The van der Waals surface area contributed by atoms with Crippen LogP contribution in [0, 0.1) is 0 Å². The zero-order valence-corrected chi connectivity index (χ0v) is 18.8. The van der Waals surface area contributed by atoms with Crippen LogP contribution in [-0.4, -0.2) is 45.3 Å². The Hall–Kier alpha value is -1.41. The van der Waals surface area contributed by atoms with Crippen molar-refractivity contribution >= 4 is 51.1 Å². The Labute approximate surface area is 182 Å². The molecule has 0 aliphatic carbocycles. The second-order valence-corrected chi connectivity index (χ2v) is 8.48. The molecule has 1 aromatic carbocycles. The molecule has 12 heteroatoms. The van der Waals surface area contributed by atoms with Gasteiger partial charge < -0.3 is 10.6 Å². The van der Waals surface area contributed by atoms with Crippen molar-refractivity contribution in [2.45, 2.75) is 17.5 Å². The fourth-order valence-electron chi connectivity index (χ4n) is 2.11. The number of nitrogens with one attached hydrogen (secondary N) is 2. The summed E-state index contributed by atoms with van der Waals surface area (Å²) in [5.74, 6) is 0.255. The van der Waals surface area contributed by atoms with Gasteiger partial charge in [0.25, 0.3) is 0 Å². The molecule has 0 amide bonds. The van der Waals surface area contributed by atoms with E-state index in [1.54, 1.807) is 18.2 Å². The van der Waals surface area contributed by atoms with E-state index >= 15 is 0 Å². The molecule has 28 heavy (non-hydrogen) atoms. The van der Waals surface area contributed by atoms with E-state index in [-0.39, 0.29) is 41.2 Å². The molecule has 156 valence electrons. The van der Waals surface area contributed by atoms with E-state index in [2.05, 4.69) is 20.6 Å². The lowest BCUT2D eigenvalue weighted by Gasteiger charge is -2.11. The maximum Gasteiger partial charge on any atom is 0.434 e. The number of sulfone groups is 1. The summed E-state index contributed by atoms with van der Waals surface area (Å²) in [4.78, 5) is 7.75. The number of benzene rings is 1. The molecule has 0 aliphatic rings. The van der Waals surface area contributed by atoms with E-state index in [1.807, 2.05) is 0 Å². The molecule has 6 nitrogen and oxygen atoms in total. The van der Waals surface area contributed by atoms with E-state index in [0.717, 1.165) is 16.7 Å². The summed E-state index contributed by atoms with van der Waals surface area (Å²) >= 11 is 0.944. The first kappa shape index (κ1) is 24.6. The molecular formula is C16H20F3IN4O2S2. The Kier molecular flexibility index (Phi) is 9.63. The van der Waals surface area contributed by atoms with Crippen LogP contribution in [0.4, 0.5) is 13.2 Å². The number of nitrogens with zero attached hydrogens (tertiary/aromatic N) is 2. The molecule has 0 unspecified atom stereocenters. The van der Waals surface area contributed by atoms with Crippen LogP contribution in [0.2, 0.25) is 0 Å². The summed E-state index contributed by atoms with van der Waals surface area (Å²) in [5, 5.41) is 7.14. The standard InChI is InChI=1S/C16H19F3N4O2S2.HI/c1-20-15(21-8-7-14-23-13(11-26-14)16(17,18)19)22-9-10-27(24,25)12-5-3-2-4-6-12;/h2-6,11H,7-10H2,1H3,(H2,20,21,22);1H. The van der Waals surface area contributed by atoms with E-state index in [1.165, 1.54) is 19.2 Å². The van der Waals surface area contributed by atoms with Gasteiger partial charge in [0.05, 0.1) is 15.7 Å². The number of hydrogen-bond acceptors (Lipinski definition) is 5. The lowest BCUT2D eigenvalue weighted by Crippen LogP contribution is -2.40. The lowest BCUT2D eigenvalue weighted by atomic mass is 10.4. The van der Waals surface area contributed by atoms with Gasteiger partial charge in [-0.25, -0.2) is 13.4 Å². The lowest BCUT2D eigenvalue weighted by molar-refractivity contribution is -0.140. The number of halogens is 4. The molecular weight excluding hydrogens is 528 g/mol. The Bertz CT molecular complexity index is 872. The zero-order valence-electron chi connectivity index (χ0n) is 14.9. The number of aromatic nitrogens is 1. The van der Waals surface area contributed by atoms with Gasteiger partial charge in [0.15, 0.2) is 21.5 Å². The minimum Gasteiger partial charge on any atom is -0.356 e. The first-order valence-corrected chi connectivity index (χ1v) is 10.5. The molecule has 0 bridgehead atoms. The molecule has 0 saturated carbocycles. The van der Waals surface area contributed by atoms with E-state index in [9.17, 15) is 21.6 Å². The fourth-order valence-corrected chi connectivity index (χ4v) is 4.10. The predicted octanol–water partition coefficient (Wildman–Crippen LogP) is 2.96. The van der Waals surface area contributed by atoms with Gasteiger partial charge in [-0.3, -0.25) is 4.99 Å². The van der Waals surface area contributed by atoms with Crippen LogP contribution in [0.1, 0.15) is 10.7 Å². The van der Waals surface area contributed by atoms with Crippen LogP contribution in [0.15, 0.2) is 45.6 Å². The largest absolute Gasteiger partial charge is 0.434 e. The third kappa shape index (κ3) is 7.54. The Morgan fingerprint density at radius 2 is 1.82 bits per heavy atom. The van der Waals surface area contributed by atoms with Crippen molar-refractivity contribution in [3.05, 3.63) is 46.4 Å². The van der Waals surface area contributed by atoms with Crippen LogP contribution in [-0.2, 0) is 22.4 Å². The molecule has 0 radical (unpaired) electrons. The average Bonchev–Trinajstić information content (AvgIpc) is 3.10. The Morgan fingerprint density at radius 1 is 1.18 bits per heavy atom. The minimum absolute atomic E-state index is 0. The highest BCUT2D eigenvalue weighted by atomic mass is 127. The topological polar surface area (TPSA) is 83.4 Å². The van der Waals surface area contributed by atoms with E-state index < -0.39 is 21.7 Å². The van der Waals surface area contributed by atoms with Crippen molar-refractivity contribution in [2.24, 2.45) is 4.99 Å². The third-order valence-electron chi connectivity index (χ3n) is 3.46. The summed E-state index contributed by atoms with van der Waals surface area (Å²) in [7, 11) is -1.88. The van der Waals surface area contributed by atoms with Crippen LogP contribution in [0.5, 0.6) is 0 Å². The normalized spacial score (nSPS) is 12.4. The number of guanidine groups is 1. The molecule has 0 spiro atoms. The van der Waals surface area contributed by atoms with Crippen molar-refractivity contribution in [3.63, 3.8) is 0 Å². The zero-order chi connectivity index (χ0) is 19.9. The Balaban J connectivity index is 0.00000392. The van der Waals surface area contributed by atoms with Crippen LogP contribution in [0.25, 0.3) is 0 Å². The van der Waals surface area contributed by atoms with Gasteiger partial charge in [-0.05, 0) is 12.1 Å². The van der Waals surface area contributed by atoms with Gasteiger partial charge in [0, 0.05) is 31.9 Å². The van der Waals surface area contributed by atoms with Crippen LogP contribution >= 0.6 is 35.3 Å². The van der Waals surface area contributed by atoms with Crippen molar-refractivity contribution < 1.29 is 21.6 Å². The Morgan fingerprint density at radius 3 is 2.39 bits per heavy atom. The van der Waals surface area contributed by atoms with Gasteiger partial charge in [-0.1, -0.05) is 18.2 Å². The summed E-state index contributed by atoms with van der Waals surface area (Å²) in [6.07, 6.45) is -4.15. The number of hydrogen-bond donors (Lipinski definition) is 2. The third-order valence-corrected chi connectivity index (χ3v) is 6.10. The van der Waals surface area contributed by atoms with Crippen molar-refractivity contribution in [3.8, 4) is 0 Å². The van der Waals surface area contributed by atoms with E-state index in [0.29, 0.717) is 23.9 Å².